The summed E-state index contributed by atoms with van der Waals surface area (Å²) in [7, 11) is 0. The van der Waals surface area contributed by atoms with Crippen LogP contribution in [0.25, 0.3) is 11.1 Å². The molecule has 1 heterocycles. The molecule has 0 aliphatic rings. The van der Waals surface area contributed by atoms with Crippen molar-refractivity contribution in [2.24, 2.45) is 5.92 Å². The van der Waals surface area contributed by atoms with Crippen LogP contribution >= 0.6 is 0 Å². The fourth-order valence-electron chi connectivity index (χ4n) is 1.94. The highest BCUT2D eigenvalue weighted by molar-refractivity contribution is 5.77. The van der Waals surface area contributed by atoms with Crippen molar-refractivity contribution in [2.45, 2.75) is 33.4 Å². The number of esters is 1. The molecule has 0 amide bonds. The molecule has 2 rings (SSSR count). The quantitative estimate of drug-likeness (QED) is 0.819. The van der Waals surface area contributed by atoms with E-state index < -0.39 is 11.7 Å². The SMILES string of the molecule is CC(C)CCOC(=O)Cn1c(=O)oc2ccc(CO)cc21. The van der Waals surface area contributed by atoms with E-state index in [0.29, 0.717) is 29.2 Å². The maximum Gasteiger partial charge on any atom is 0.420 e. The molecule has 21 heavy (non-hydrogen) atoms. The summed E-state index contributed by atoms with van der Waals surface area (Å²) in [5.74, 6) is -0.641. The smallest absolute Gasteiger partial charge is 0.420 e. The van der Waals surface area contributed by atoms with Crippen molar-refractivity contribution in [3.8, 4) is 0 Å². The number of oxazole rings is 1. The Kier molecular flexibility index (Phi) is 4.80. The van der Waals surface area contributed by atoms with Gasteiger partial charge < -0.3 is 14.3 Å². The van der Waals surface area contributed by atoms with E-state index in [1.165, 1.54) is 4.57 Å². The van der Waals surface area contributed by atoms with Gasteiger partial charge in [0.25, 0.3) is 0 Å². The first kappa shape index (κ1) is 15.3. The highest BCUT2D eigenvalue weighted by atomic mass is 16.5. The highest BCUT2D eigenvalue weighted by Crippen LogP contribution is 2.15. The topological polar surface area (TPSA) is 81.7 Å². The van der Waals surface area contributed by atoms with Gasteiger partial charge in [-0.2, -0.15) is 0 Å². The van der Waals surface area contributed by atoms with E-state index in [4.69, 9.17) is 14.3 Å². The van der Waals surface area contributed by atoms with Gasteiger partial charge >= 0.3 is 11.7 Å². The van der Waals surface area contributed by atoms with Crippen molar-refractivity contribution in [3.05, 3.63) is 34.3 Å². The lowest BCUT2D eigenvalue weighted by molar-refractivity contribution is -0.144. The number of nitrogens with zero attached hydrogens (tertiary/aromatic N) is 1. The molecule has 1 N–H and O–H groups in total. The Bertz CT molecular complexity index is 683. The van der Waals surface area contributed by atoms with E-state index in [1.807, 2.05) is 13.8 Å². The average Bonchev–Trinajstić information content (AvgIpc) is 2.74. The van der Waals surface area contributed by atoms with Crippen molar-refractivity contribution >= 4 is 17.1 Å². The second-order valence-corrected chi connectivity index (χ2v) is 5.32. The Morgan fingerprint density at radius 1 is 1.43 bits per heavy atom. The number of rotatable bonds is 6. The molecule has 0 atom stereocenters. The summed E-state index contributed by atoms with van der Waals surface area (Å²) in [4.78, 5) is 23.6. The van der Waals surface area contributed by atoms with Crippen molar-refractivity contribution in [3.63, 3.8) is 0 Å². The van der Waals surface area contributed by atoms with Gasteiger partial charge in [0.2, 0.25) is 0 Å². The van der Waals surface area contributed by atoms with E-state index >= 15 is 0 Å². The summed E-state index contributed by atoms with van der Waals surface area (Å²) in [5.41, 5.74) is 1.50. The molecule has 0 unspecified atom stereocenters. The van der Waals surface area contributed by atoms with E-state index in [9.17, 15) is 9.59 Å². The average molecular weight is 293 g/mol. The molecule has 114 valence electrons. The lowest BCUT2D eigenvalue weighted by Crippen LogP contribution is -2.22. The largest absolute Gasteiger partial charge is 0.464 e. The molecule has 0 radical (unpaired) electrons. The molecule has 0 spiro atoms. The molecule has 0 aliphatic heterocycles. The number of carbonyl (C=O) groups excluding carboxylic acids is 1. The maximum absolute atomic E-state index is 11.8. The number of benzene rings is 1. The molecule has 0 saturated heterocycles. The summed E-state index contributed by atoms with van der Waals surface area (Å²) in [6.07, 6.45) is 0.779. The van der Waals surface area contributed by atoms with Crippen LogP contribution in [0.15, 0.2) is 27.4 Å². The predicted octanol–water partition coefficient (Wildman–Crippen LogP) is 1.68. The van der Waals surface area contributed by atoms with Gasteiger partial charge in [-0.05, 0) is 30.0 Å². The van der Waals surface area contributed by atoms with E-state index in [0.717, 1.165) is 6.42 Å². The predicted molar refractivity (Wildman–Crippen MR) is 76.8 cm³/mol. The molecule has 0 bridgehead atoms. The summed E-state index contributed by atoms with van der Waals surface area (Å²) >= 11 is 0. The number of fused-ring (bicyclic) bond motifs is 1. The normalized spacial score (nSPS) is 11.2. The fraction of sp³-hybridized carbons (Fsp3) is 0.467. The summed E-state index contributed by atoms with van der Waals surface area (Å²) in [6, 6.07) is 4.89. The van der Waals surface area contributed by atoms with Crippen molar-refractivity contribution in [1.29, 1.82) is 0 Å². The zero-order valence-electron chi connectivity index (χ0n) is 12.2. The van der Waals surface area contributed by atoms with Gasteiger partial charge in [0.05, 0.1) is 18.7 Å². The van der Waals surface area contributed by atoms with E-state index in [2.05, 4.69) is 0 Å². The van der Waals surface area contributed by atoms with Crippen LogP contribution in [0, 0.1) is 5.92 Å². The third kappa shape index (κ3) is 3.72. The third-order valence-corrected chi connectivity index (χ3v) is 3.16. The number of hydrogen-bond donors (Lipinski definition) is 1. The Hall–Kier alpha value is -2.08. The second kappa shape index (κ2) is 6.58. The molecule has 2 aromatic rings. The van der Waals surface area contributed by atoms with Gasteiger partial charge in [-0.15, -0.1) is 0 Å². The number of carbonyl (C=O) groups is 1. The van der Waals surface area contributed by atoms with Gasteiger partial charge in [-0.1, -0.05) is 19.9 Å². The van der Waals surface area contributed by atoms with Gasteiger partial charge in [0, 0.05) is 0 Å². The first-order chi connectivity index (χ1) is 10.0. The number of ether oxygens (including phenoxy) is 1. The Morgan fingerprint density at radius 3 is 2.86 bits per heavy atom. The lowest BCUT2D eigenvalue weighted by Gasteiger charge is -2.07. The van der Waals surface area contributed by atoms with Gasteiger partial charge in [0.1, 0.15) is 6.54 Å². The standard InChI is InChI=1S/C15H19NO5/c1-10(2)5-6-20-14(18)8-16-12-7-11(9-17)3-4-13(12)21-15(16)19/h3-4,7,10,17H,5-6,8-9H2,1-2H3. The molecular weight excluding hydrogens is 274 g/mol. The van der Waals surface area contributed by atoms with Gasteiger partial charge in [-0.3, -0.25) is 9.36 Å². The third-order valence-electron chi connectivity index (χ3n) is 3.16. The Morgan fingerprint density at radius 2 is 2.19 bits per heavy atom. The van der Waals surface area contributed by atoms with Crippen LogP contribution in [-0.4, -0.2) is 22.2 Å². The van der Waals surface area contributed by atoms with Gasteiger partial charge in [0.15, 0.2) is 5.58 Å². The first-order valence-electron chi connectivity index (χ1n) is 6.90. The van der Waals surface area contributed by atoms with Crippen molar-refractivity contribution in [2.75, 3.05) is 6.61 Å². The van der Waals surface area contributed by atoms with Crippen LogP contribution in [-0.2, 0) is 22.7 Å². The zero-order chi connectivity index (χ0) is 15.4. The summed E-state index contributed by atoms with van der Waals surface area (Å²) < 4.78 is 11.4. The molecule has 1 aromatic heterocycles. The molecule has 6 heteroatoms. The number of aliphatic hydroxyl groups is 1. The minimum absolute atomic E-state index is 0.145. The zero-order valence-corrected chi connectivity index (χ0v) is 12.2. The number of hydrogen-bond acceptors (Lipinski definition) is 5. The maximum atomic E-state index is 11.8. The van der Waals surface area contributed by atoms with Crippen LogP contribution in [0.3, 0.4) is 0 Å². The molecule has 0 aliphatic carbocycles. The second-order valence-electron chi connectivity index (χ2n) is 5.32. The van der Waals surface area contributed by atoms with Crippen molar-refractivity contribution in [1.82, 2.24) is 4.57 Å². The van der Waals surface area contributed by atoms with E-state index in [1.54, 1.807) is 18.2 Å². The molecule has 0 saturated carbocycles. The van der Waals surface area contributed by atoms with Gasteiger partial charge in [-0.25, -0.2) is 4.79 Å². The van der Waals surface area contributed by atoms with Crippen LogP contribution in [0.5, 0.6) is 0 Å². The van der Waals surface area contributed by atoms with Crippen LogP contribution < -0.4 is 5.76 Å². The Labute approximate surface area is 121 Å². The number of aliphatic hydroxyl groups excluding tert-OH is 1. The molecule has 6 nitrogen and oxygen atoms in total. The van der Waals surface area contributed by atoms with Crippen LogP contribution in [0.1, 0.15) is 25.8 Å². The highest BCUT2D eigenvalue weighted by Gasteiger charge is 2.14. The van der Waals surface area contributed by atoms with Crippen molar-refractivity contribution < 1.29 is 19.1 Å². The monoisotopic (exact) mass is 293 g/mol. The number of aromatic nitrogens is 1. The van der Waals surface area contributed by atoms with Crippen LogP contribution in [0.4, 0.5) is 0 Å². The summed E-state index contributed by atoms with van der Waals surface area (Å²) in [6.45, 7) is 4.08. The molecular formula is C15H19NO5. The molecule has 0 fully saturated rings. The minimum Gasteiger partial charge on any atom is -0.464 e. The minimum atomic E-state index is -0.610. The lowest BCUT2D eigenvalue weighted by atomic mass is 10.1. The van der Waals surface area contributed by atoms with E-state index in [-0.39, 0.29) is 13.2 Å². The first-order valence-corrected chi connectivity index (χ1v) is 6.90. The molecule has 1 aromatic carbocycles. The summed E-state index contributed by atoms with van der Waals surface area (Å²) in [5, 5.41) is 9.14. The van der Waals surface area contributed by atoms with Crippen LogP contribution in [0.2, 0.25) is 0 Å². The Balaban J connectivity index is 2.15. The fourth-order valence-corrected chi connectivity index (χ4v) is 1.94.